The molecule has 0 fully saturated rings. The molecule has 0 unspecified atom stereocenters. The summed E-state index contributed by atoms with van der Waals surface area (Å²) in [5.74, 6) is 0.564. The van der Waals surface area contributed by atoms with Crippen molar-refractivity contribution in [3.8, 4) is 11.3 Å². The van der Waals surface area contributed by atoms with Gasteiger partial charge in [-0.05, 0) is 29.2 Å². The fraction of sp³-hybridized carbons (Fsp3) is 0.389. The van der Waals surface area contributed by atoms with Gasteiger partial charge in [-0.3, -0.25) is 4.98 Å². The van der Waals surface area contributed by atoms with Crippen LogP contribution in [0.4, 0.5) is 0 Å². The number of aromatic nitrogens is 1. The Balaban J connectivity index is 2.57. The number of nitrogens with zero attached hydrogens (tertiary/aromatic N) is 1. The van der Waals surface area contributed by atoms with Gasteiger partial charge >= 0.3 is 0 Å². The van der Waals surface area contributed by atoms with E-state index in [0.717, 1.165) is 17.7 Å². The number of benzene rings is 1. The molecule has 0 amide bonds. The molecule has 2 heteroatoms. The summed E-state index contributed by atoms with van der Waals surface area (Å²) < 4.78 is 23.3. The van der Waals surface area contributed by atoms with E-state index < -0.39 is 8.07 Å². The molecule has 1 aromatic heterocycles. The lowest BCUT2D eigenvalue weighted by Gasteiger charge is -2.22. The Bertz CT molecular complexity index is 698. The van der Waals surface area contributed by atoms with Gasteiger partial charge < -0.3 is 0 Å². The number of rotatable bonds is 4. The smallest absolute Gasteiger partial charge is 0.0799 e. The quantitative estimate of drug-likeness (QED) is 0.755. The second-order valence-corrected chi connectivity index (χ2v) is 11.8. The predicted molar refractivity (Wildman–Crippen MR) is 91.2 cm³/mol. The Morgan fingerprint density at radius 2 is 1.80 bits per heavy atom. The monoisotopic (exact) mass is 286 g/mol. The van der Waals surface area contributed by atoms with Crippen LogP contribution in [0.2, 0.25) is 19.6 Å². The zero-order valence-electron chi connectivity index (χ0n) is 16.0. The molecule has 0 saturated heterocycles. The van der Waals surface area contributed by atoms with Crippen LogP contribution in [0.25, 0.3) is 11.3 Å². The summed E-state index contributed by atoms with van der Waals surface area (Å²) in [5.41, 5.74) is 2.88. The molecular formula is C18H25NSi. The Hall–Kier alpha value is -1.41. The summed E-state index contributed by atoms with van der Waals surface area (Å²) in [6.45, 7) is 11.4. The van der Waals surface area contributed by atoms with E-state index in [1.54, 1.807) is 12.1 Å². The third-order valence-electron chi connectivity index (χ3n) is 3.32. The third-order valence-corrected chi connectivity index (χ3v) is 5.39. The van der Waals surface area contributed by atoms with Gasteiger partial charge in [-0.2, -0.15) is 0 Å². The lowest BCUT2D eigenvalue weighted by molar-refractivity contribution is 0.649. The van der Waals surface area contributed by atoms with Crippen molar-refractivity contribution >= 4 is 13.3 Å². The highest BCUT2D eigenvalue weighted by Gasteiger charge is 2.21. The van der Waals surface area contributed by atoms with Gasteiger partial charge in [0.15, 0.2) is 0 Å². The van der Waals surface area contributed by atoms with E-state index in [0.29, 0.717) is 5.92 Å². The van der Waals surface area contributed by atoms with Crippen LogP contribution in [0.3, 0.4) is 0 Å². The van der Waals surface area contributed by atoms with Crippen LogP contribution in [-0.2, 0) is 6.42 Å². The van der Waals surface area contributed by atoms with Crippen molar-refractivity contribution in [2.75, 3.05) is 0 Å². The molecule has 2 aromatic rings. The van der Waals surface area contributed by atoms with E-state index in [1.165, 1.54) is 10.8 Å². The molecule has 1 heterocycles. The molecule has 0 N–H and O–H groups in total. The van der Waals surface area contributed by atoms with Gasteiger partial charge in [0.25, 0.3) is 0 Å². The van der Waals surface area contributed by atoms with Gasteiger partial charge in [0.1, 0.15) is 0 Å². The van der Waals surface area contributed by atoms with E-state index in [9.17, 15) is 0 Å². The molecule has 0 aliphatic rings. The first-order valence-corrected chi connectivity index (χ1v) is 10.7. The average Bonchev–Trinajstić information content (AvgIpc) is 2.42. The minimum atomic E-state index is -1.47. The minimum absolute atomic E-state index is 0.0325. The van der Waals surface area contributed by atoms with Crippen LogP contribution in [0.15, 0.2) is 42.5 Å². The Morgan fingerprint density at radius 1 is 1.15 bits per heavy atom. The van der Waals surface area contributed by atoms with E-state index in [4.69, 9.17) is 4.11 Å². The number of hydrogen-bond acceptors (Lipinski definition) is 1. The van der Waals surface area contributed by atoms with Crippen LogP contribution < -0.4 is 5.19 Å². The maximum absolute atomic E-state index is 7.83. The lowest BCUT2D eigenvalue weighted by Crippen LogP contribution is -2.40. The molecule has 0 bridgehead atoms. The summed E-state index contributed by atoms with van der Waals surface area (Å²) in [4.78, 5) is 4.60. The third kappa shape index (κ3) is 3.57. The Morgan fingerprint density at radius 3 is 2.35 bits per heavy atom. The highest BCUT2D eigenvalue weighted by molar-refractivity contribution is 6.89. The van der Waals surface area contributed by atoms with Gasteiger partial charge in [0.2, 0.25) is 0 Å². The number of pyridine rings is 1. The van der Waals surface area contributed by atoms with Crippen molar-refractivity contribution in [3.63, 3.8) is 0 Å². The summed E-state index contributed by atoms with van der Waals surface area (Å²) >= 11 is 0. The zero-order chi connectivity index (χ0) is 17.4. The van der Waals surface area contributed by atoms with Crippen molar-refractivity contribution in [3.05, 3.63) is 48.1 Å². The zero-order valence-corrected chi connectivity index (χ0v) is 14.0. The molecule has 2 rings (SSSR count). The molecule has 0 atom stereocenters. The van der Waals surface area contributed by atoms with E-state index in [2.05, 4.69) is 44.5 Å². The molecule has 106 valence electrons. The van der Waals surface area contributed by atoms with Gasteiger partial charge in [-0.15, -0.1) is 0 Å². The molecule has 0 saturated carbocycles. The number of hydrogen-bond donors (Lipinski definition) is 0. The molecule has 0 aliphatic carbocycles. The molecular weight excluding hydrogens is 258 g/mol. The van der Waals surface area contributed by atoms with Crippen LogP contribution >= 0.6 is 0 Å². The first-order chi connectivity index (χ1) is 10.6. The maximum Gasteiger partial charge on any atom is 0.0799 e. The molecule has 20 heavy (non-hydrogen) atoms. The minimum Gasteiger partial charge on any atom is -0.256 e. The summed E-state index contributed by atoms with van der Waals surface area (Å²) in [6, 6.07) is 5.51. The van der Waals surface area contributed by atoms with Crippen molar-refractivity contribution in [1.82, 2.24) is 4.98 Å². The van der Waals surface area contributed by atoms with E-state index in [-0.39, 0.29) is 18.1 Å². The molecule has 1 nitrogen and oxygen atoms in total. The summed E-state index contributed by atoms with van der Waals surface area (Å²) in [5, 5.41) is 1.38. The van der Waals surface area contributed by atoms with Crippen molar-refractivity contribution in [2.45, 2.75) is 39.9 Å². The van der Waals surface area contributed by atoms with Crippen LogP contribution in [0.1, 0.15) is 23.5 Å². The van der Waals surface area contributed by atoms with Gasteiger partial charge in [-0.25, -0.2) is 0 Å². The van der Waals surface area contributed by atoms with Crippen LogP contribution in [-0.4, -0.2) is 13.1 Å². The normalized spacial score (nSPS) is 14.0. The van der Waals surface area contributed by atoms with Crippen LogP contribution in [0, 0.1) is 5.92 Å². The SMILES string of the molecule is [2H]c1cc(-c2cc(CC(C)C)c([Si](C)(C)C)cn2)cc([2H])c1[2H]. The fourth-order valence-electron chi connectivity index (χ4n) is 2.40. The molecule has 0 spiro atoms. The van der Waals surface area contributed by atoms with Crippen molar-refractivity contribution < 1.29 is 4.11 Å². The summed E-state index contributed by atoms with van der Waals surface area (Å²) in [6.07, 6.45) is 2.99. The Kier molecular flexibility index (Phi) is 3.34. The van der Waals surface area contributed by atoms with Gasteiger partial charge in [0.05, 0.1) is 17.9 Å². The molecule has 0 radical (unpaired) electrons. The fourth-order valence-corrected chi connectivity index (χ4v) is 3.99. The predicted octanol–water partition coefficient (Wildman–Crippen LogP) is 4.49. The van der Waals surface area contributed by atoms with Gasteiger partial charge in [0, 0.05) is 11.8 Å². The molecule has 1 aromatic carbocycles. The van der Waals surface area contributed by atoms with Gasteiger partial charge in [-0.1, -0.05) is 63.7 Å². The van der Waals surface area contributed by atoms with Crippen molar-refractivity contribution in [1.29, 1.82) is 0 Å². The second kappa shape index (κ2) is 5.92. The lowest BCUT2D eigenvalue weighted by atomic mass is 10.0. The Labute approximate surface area is 128 Å². The average molecular weight is 287 g/mol. The second-order valence-electron chi connectivity index (χ2n) is 6.73. The molecule has 0 aliphatic heterocycles. The van der Waals surface area contributed by atoms with E-state index >= 15 is 0 Å². The van der Waals surface area contributed by atoms with Crippen LogP contribution in [0.5, 0.6) is 0 Å². The maximum atomic E-state index is 7.83. The first kappa shape index (κ1) is 11.3. The standard InChI is InChI=1S/C18H25NSi/c1-14(2)11-16-12-17(15-9-7-6-8-10-15)19-13-18(16)20(3,4)5/h6-10,12-14H,11H2,1-5H3/i6D,7D,8D. The van der Waals surface area contributed by atoms with E-state index in [1.807, 2.05) is 6.20 Å². The highest BCUT2D eigenvalue weighted by Crippen LogP contribution is 2.20. The summed E-state index contributed by atoms with van der Waals surface area (Å²) in [7, 11) is -1.47. The van der Waals surface area contributed by atoms with Crippen molar-refractivity contribution in [2.24, 2.45) is 5.92 Å². The largest absolute Gasteiger partial charge is 0.256 e. The first-order valence-electron chi connectivity index (χ1n) is 8.67. The topological polar surface area (TPSA) is 12.9 Å². The highest BCUT2D eigenvalue weighted by atomic mass is 28.3.